The van der Waals surface area contributed by atoms with E-state index in [1.54, 1.807) is 18.2 Å². The van der Waals surface area contributed by atoms with Crippen LogP contribution in [0.2, 0.25) is 5.02 Å². The van der Waals surface area contributed by atoms with Gasteiger partial charge in [0.1, 0.15) is 11.5 Å². The van der Waals surface area contributed by atoms with E-state index in [0.29, 0.717) is 22.9 Å². The maximum absolute atomic E-state index is 13.1. The third-order valence-electron chi connectivity index (χ3n) is 5.31. The second kappa shape index (κ2) is 9.18. The fourth-order valence-electron chi connectivity index (χ4n) is 3.87. The summed E-state index contributed by atoms with van der Waals surface area (Å²) in [6.07, 6.45) is 0. The van der Waals surface area contributed by atoms with E-state index >= 15 is 0 Å². The number of halogens is 1. The van der Waals surface area contributed by atoms with Gasteiger partial charge in [-0.25, -0.2) is 0 Å². The molecule has 1 saturated heterocycles. The van der Waals surface area contributed by atoms with Crippen LogP contribution in [0.25, 0.3) is 5.76 Å². The first-order chi connectivity index (χ1) is 15.4. The number of ketones is 1. The van der Waals surface area contributed by atoms with Gasteiger partial charge < -0.3 is 14.7 Å². The van der Waals surface area contributed by atoms with E-state index in [4.69, 9.17) is 16.3 Å². The Bertz CT molecular complexity index is 1200. The number of Topliss-reactive ketones (excluding diaryl/α,β-unsaturated/α-hetero) is 1. The Morgan fingerprint density at radius 2 is 1.97 bits per heavy atom. The van der Waals surface area contributed by atoms with E-state index in [9.17, 15) is 14.7 Å². The average molecular weight is 468 g/mol. The minimum absolute atomic E-state index is 0.0573. The third-order valence-corrected chi connectivity index (χ3v) is 6.48. The molecule has 1 aromatic heterocycles. The molecule has 1 aliphatic heterocycles. The van der Waals surface area contributed by atoms with Crippen molar-refractivity contribution in [3.8, 4) is 5.75 Å². The van der Waals surface area contributed by atoms with Crippen LogP contribution in [0.4, 0.5) is 0 Å². The van der Waals surface area contributed by atoms with E-state index in [1.807, 2.05) is 55.6 Å². The first-order valence-electron chi connectivity index (χ1n) is 10.2. The lowest BCUT2D eigenvalue weighted by molar-refractivity contribution is -0.140. The Balaban J connectivity index is 1.87. The van der Waals surface area contributed by atoms with Crippen molar-refractivity contribution in [1.29, 1.82) is 0 Å². The maximum Gasteiger partial charge on any atom is 0.295 e. The second-order valence-corrected chi connectivity index (χ2v) is 8.94. The molecule has 1 atom stereocenters. The highest BCUT2D eigenvalue weighted by atomic mass is 35.5. The van der Waals surface area contributed by atoms with Gasteiger partial charge in [-0.2, -0.15) is 0 Å². The Labute approximate surface area is 195 Å². The largest absolute Gasteiger partial charge is 0.507 e. The molecule has 1 aliphatic rings. The number of ether oxygens (including phenoxy) is 1. The van der Waals surface area contributed by atoms with Crippen molar-refractivity contribution < 1.29 is 19.4 Å². The van der Waals surface area contributed by atoms with E-state index in [2.05, 4.69) is 0 Å². The highest BCUT2D eigenvalue weighted by molar-refractivity contribution is 7.09. The molecule has 0 bridgehead atoms. The standard InChI is InChI=1S/C25H22ClNO4S/c1-3-31-20-13-17(9-10-19(20)26)23(28)21-22(16-7-4-6-15(2)12-16)27(25(30)24(21)29)14-18-8-5-11-32-18/h4-13,22,28H,3,14H2,1-2H3/b23-21-. The topological polar surface area (TPSA) is 66.8 Å². The Morgan fingerprint density at radius 3 is 2.66 bits per heavy atom. The summed E-state index contributed by atoms with van der Waals surface area (Å²) in [5, 5.41) is 13.5. The first kappa shape index (κ1) is 22.1. The maximum atomic E-state index is 13.1. The Morgan fingerprint density at radius 1 is 1.16 bits per heavy atom. The van der Waals surface area contributed by atoms with Crippen molar-refractivity contribution in [1.82, 2.24) is 4.90 Å². The van der Waals surface area contributed by atoms with Gasteiger partial charge in [-0.05, 0) is 49.1 Å². The number of likely N-dealkylation sites (tertiary alicyclic amines) is 1. The summed E-state index contributed by atoms with van der Waals surface area (Å²) < 4.78 is 5.53. The van der Waals surface area contributed by atoms with Gasteiger partial charge in [0, 0.05) is 10.4 Å². The fourth-order valence-corrected chi connectivity index (χ4v) is 4.75. The zero-order valence-corrected chi connectivity index (χ0v) is 19.2. The molecule has 2 aromatic carbocycles. The SMILES string of the molecule is CCOc1cc(/C(O)=C2/C(=O)C(=O)N(Cc3cccs3)C2c2cccc(C)c2)ccc1Cl. The molecule has 0 spiro atoms. The molecule has 1 amide bonds. The molecule has 5 nitrogen and oxygen atoms in total. The zero-order chi connectivity index (χ0) is 22.8. The van der Waals surface area contributed by atoms with Crippen LogP contribution in [-0.2, 0) is 16.1 Å². The summed E-state index contributed by atoms with van der Waals surface area (Å²) in [6, 6.07) is 15.5. The van der Waals surface area contributed by atoms with Crippen molar-refractivity contribution in [2.45, 2.75) is 26.4 Å². The number of amides is 1. The van der Waals surface area contributed by atoms with Gasteiger partial charge in [-0.15, -0.1) is 11.3 Å². The predicted molar refractivity (Wildman–Crippen MR) is 126 cm³/mol. The van der Waals surface area contributed by atoms with Gasteiger partial charge in [0.05, 0.1) is 29.8 Å². The van der Waals surface area contributed by atoms with Crippen LogP contribution in [-0.4, -0.2) is 28.3 Å². The number of aryl methyl sites for hydroxylation is 1. The van der Waals surface area contributed by atoms with Crippen LogP contribution in [0.3, 0.4) is 0 Å². The van der Waals surface area contributed by atoms with Crippen LogP contribution in [0, 0.1) is 6.92 Å². The number of carbonyl (C=O) groups excluding carboxylic acids is 2. The molecule has 1 N–H and O–H groups in total. The van der Waals surface area contributed by atoms with E-state index in [1.165, 1.54) is 16.2 Å². The minimum atomic E-state index is -0.710. The van der Waals surface area contributed by atoms with Crippen LogP contribution >= 0.6 is 22.9 Å². The summed E-state index contributed by atoms with van der Waals surface area (Å²) in [6.45, 7) is 4.46. The van der Waals surface area contributed by atoms with E-state index in [0.717, 1.165) is 16.0 Å². The number of aliphatic hydroxyl groups excluding tert-OH is 1. The van der Waals surface area contributed by atoms with Crippen LogP contribution in [0.5, 0.6) is 5.75 Å². The molecule has 4 rings (SSSR count). The molecular weight excluding hydrogens is 446 g/mol. The average Bonchev–Trinajstić information content (AvgIpc) is 3.37. The smallest absolute Gasteiger partial charge is 0.295 e. The molecule has 0 aliphatic carbocycles. The summed E-state index contributed by atoms with van der Waals surface area (Å²) >= 11 is 7.70. The monoisotopic (exact) mass is 467 g/mol. The second-order valence-electron chi connectivity index (χ2n) is 7.50. The van der Waals surface area contributed by atoms with Gasteiger partial charge in [-0.1, -0.05) is 47.5 Å². The molecule has 0 saturated carbocycles. The van der Waals surface area contributed by atoms with Crippen LogP contribution < -0.4 is 4.74 Å². The number of nitrogens with zero attached hydrogens (tertiary/aromatic N) is 1. The quantitative estimate of drug-likeness (QED) is 0.285. The summed E-state index contributed by atoms with van der Waals surface area (Å²) in [4.78, 5) is 28.7. The Hall–Kier alpha value is -3.09. The van der Waals surface area contributed by atoms with Crippen molar-refractivity contribution in [3.05, 3.63) is 92.1 Å². The van der Waals surface area contributed by atoms with E-state index in [-0.39, 0.29) is 17.9 Å². The highest BCUT2D eigenvalue weighted by Crippen LogP contribution is 2.41. The summed E-state index contributed by atoms with van der Waals surface area (Å²) in [5.41, 5.74) is 2.18. The molecular formula is C25H22ClNO4S. The molecule has 0 radical (unpaired) electrons. The lowest BCUT2D eigenvalue weighted by atomic mass is 9.94. The number of aliphatic hydroxyl groups is 1. The highest BCUT2D eigenvalue weighted by Gasteiger charge is 2.46. The van der Waals surface area contributed by atoms with Crippen molar-refractivity contribution in [2.75, 3.05) is 6.61 Å². The van der Waals surface area contributed by atoms with Gasteiger partial charge in [-0.3, -0.25) is 9.59 Å². The lowest BCUT2D eigenvalue weighted by Gasteiger charge is -2.25. The van der Waals surface area contributed by atoms with E-state index < -0.39 is 17.7 Å². The van der Waals surface area contributed by atoms with Gasteiger partial charge in [0.15, 0.2) is 0 Å². The molecule has 1 fully saturated rings. The zero-order valence-electron chi connectivity index (χ0n) is 17.7. The number of carbonyl (C=O) groups is 2. The van der Waals surface area contributed by atoms with Gasteiger partial charge in [0.2, 0.25) is 0 Å². The summed E-state index contributed by atoms with van der Waals surface area (Å²) in [7, 11) is 0. The van der Waals surface area contributed by atoms with Crippen LogP contribution in [0.1, 0.15) is 34.5 Å². The number of hydrogen-bond donors (Lipinski definition) is 1. The molecule has 2 heterocycles. The van der Waals surface area contributed by atoms with Crippen molar-refractivity contribution >= 4 is 40.4 Å². The molecule has 3 aromatic rings. The molecule has 7 heteroatoms. The first-order valence-corrected chi connectivity index (χ1v) is 11.5. The van der Waals surface area contributed by atoms with Crippen LogP contribution in [0.15, 0.2) is 65.6 Å². The number of thiophene rings is 1. The summed E-state index contributed by atoms with van der Waals surface area (Å²) in [5.74, 6) is -1.19. The predicted octanol–water partition coefficient (Wildman–Crippen LogP) is 5.73. The lowest BCUT2D eigenvalue weighted by Crippen LogP contribution is -2.28. The molecule has 32 heavy (non-hydrogen) atoms. The molecule has 164 valence electrons. The normalized spacial score (nSPS) is 17.7. The van der Waals surface area contributed by atoms with Gasteiger partial charge >= 0.3 is 0 Å². The fraction of sp³-hybridized carbons (Fsp3) is 0.200. The Kier molecular flexibility index (Phi) is 6.35. The molecule has 1 unspecified atom stereocenters. The van der Waals surface area contributed by atoms with Crippen molar-refractivity contribution in [3.63, 3.8) is 0 Å². The van der Waals surface area contributed by atoms with Gasteiger partial charge in [0.25, 0.3) is 11.7 Å². The third kappa shape index (κ3) is 4.16. The van der Waals surface area contributed by atoms with Crippen molar-refractivity contribution in [2.24, 2.45) is 0 Å². The number of rotatable bonds is 6. The number of benzene rings is 2. The minimum Gasteiger partial charge on any atom is -0.507 e. The number of hydrogen-bond acceptors (Lipinski definition) is 5.